The lowest BCUT2D eigenvalue weighted by atomic mass is 10.1. The van der Waals surface area contributed by atoms with Crippen LogP contribution in [0.25, 0.3) is 0 Å². The maximum atomic E-state index is 10.4. The molecule has 1 aromatic carbocycles. The van der Waals surface area contributed by atoms with Crippen molar-refractivity contribution in [2.24, 2.45) is 0 Å². The van der Waals surface area contributed by atoms with Gasteiger partial charge in [-0.25, -0.2) is 8.42 Å². The van der Waals surface area contributed by atoms with E-state index in [4.69, 9.17) is 4.74 Å². The minimum Gasteiger partial charge on any atom is -0.744 e. The third kappa shape index (κ3) is 8.17. The molecule has 1 unspecified atom stereocenters. The fraction of sp³-hybridized carbons (Fsp3) is 0.625. The van der Waals surface area contributed by atoms with Crippen molar-refractivity contribution in [3.05, 3.63) is 29.8 Å². The van der Waals surface area contributed by atoms with E-state index in [0.717, 1.165) is 12.2 Å². The van der Waals surface area contributed by atoms with Gasteiger partial charge in [-0.15, -0.1) is 0 Å². The van der Waals surface area contributed by atoms with Crippen molar-refractivity contribution in [3.8, 4) is 0 Å². The molecular weight excluding hydrogens is 320 g/mol. The van der Waals surface area contributed by atoms with E-state index in [1.807, 2.05) is 6.92 Å². The van der Waals surface area contributed by atoms with Crippen LogP contribution in [0.1, 0.15) is 31.2 Å². The minimum absolute atomic E-state index is 0.178. The molecule has 1 fully saturated rings. The summed E-state index contributed by atoms with van der Waals surface area (Å²) in [5.74, 6) is 1.39. The predicted molar refractivity (Wildman–Crippen MR) is 91.4 cm³/mol. The molecule has 0 bridgehead atoms. The highest BCUT2D eigenvalue weighted by Gasteiger charge is 2.15. The summed E-state index contributed by atoms with van der Waals surface area (Å²) >= 11 is 0. The Morgan fingerprint density at radius 3 is 2.36 bits per heavy atom. The van der Waals surface area contributed by atoms with E-state index in [1.165, 1.54) is 43.6 Å². The monoisotopic (exact) mass is 346 g/mol. The third-order valence-electron chi connectivity index (χ3n) is 3.41. The molecule has 1 atom stereocenters. The first-order valence-corrected chi connectivity index (χ1v) is 11.1. The van der Waals surface area contributed by atoms with Gasteiger partial charge in [0, 0.05) is 6.61 Å². The molecule has 0 radical (unpaired) electrons. The highest BCUT2D eigenvalue weighted by Crippen LogP contribution is 2.16. The number of rotatable bonds is 5. The van der Waals surface area contributed by atoms with Crippen molar-refractivity contribution in [3.63, 3.8) is 0 Å². The van der Waals surface area contributed by atoms with Crippen LogP contribution in [0.3, 0.4) is 0 Å². The van der Waals surface area contributed by atoms with Gasteiger partial charge in [-0.1, -0.05) is 17.7 Å². The zero-order valence-corrected chi connectivity index (χ0v) is 15.2. The Bertz CT molecular complexity index is 518. The van der Waals surface area contributed by atoms with Crippen LogP contribution in [0.4, 0.5) is 0 Å². The molecule has 0 aromatic heterocycles. The lowest BCUT2D eigenvalue weighted by Gasteiger charge is -2.06. The summed E-state index contributed by atoms with van der Waals surface area (Å²) in [6.07, 6.45) is 10.5. The normalized spacial score (nSPS) is 18.1. The summed E-state index contributed by atoms with van der Waals surface area (Å²) in [5, 5.41) is 0. The van der Waals surface area contributed by atoms with E-state index in [9.17, 15) is 13.0 Å². The van der Waals surface area contributed by atoms with Gasteiger partial charge in [-0.2, -0.15) is 0 Å². The third-order valence-corrected chi connectivity index (χ3v) is 5.37. The number of hydrogen-bond donors (Lipinski definition) is 0. The first-order valence-electron chi connectivity index (χ1n) is 7.47. The molecule has 2 rings (SSSR count). The van der Waals surface area contributed by atoms with E-state index in [1.54, 1.807) is 12.1 Å². The molecule has 4 nitrogen and oxygen atoms in total. The van der Waals surface area contributed by atoms with Crippen LogP contribution in [-0.2, 0) is 25.7 Å². The molecule has 1 saturated heterocycles. The van der Waals surface area contributed by atoms with Crippen LogP contribution in [0.15, 0.2) is 29.2 Å². The number of ether oxygens (including phenoxy) is 1. The van der Waals surface area contributed by atoms with E-state index in [2.05, 4.69) is 12.5 Å². The predicted octanol–water partition coefficient (Wildman–Crippen LogP) is 2.72. The fourth-order valence-electron chi connectivity index (χ4n) is 2.18. The maximum absolute atomic E-state index is 10.4. The van der Waals surface area contributed by atoms with Crippen molar-refractivity contribution >= 4 is 21.0 Å². The molecule has 1 heterocycles. The van der Waals surface area contributed by atoms with E-state index in [0.29, 0.717) is 17.0 Å². The first kappa shape index (κ1) is 19.5. The fourth-order valence-corrected chi connectivity index (χ4v) is 3.39. The maximum Gasteiger partial charge on any atom is 0.124 e. The molecule has 1 aromatic rings. The van der Waals surface area contributed by atoms with Crippen LogP contribution in [0.5, 0.6) is 0 Å². The number of hydrogen-bond acceptors (Lipinski definition) is 4. The Balaban J connectivity index is 0.000000220. The van der Waals surface area contributed by atoms with Gasteiger partial charge in [0.2, 0.25) is 0 Å². The Hall–Kier alpha value is -0.560. The van der Waals surface area contributed by atoms with Crippen molar-refractivity contribution in [1.29, 1.82) is 0 Å². The molecule has 0 N–H and O–H groups in total. The quantitative estimate of drug-likeness (QED) is 0.607. The van der Waals surface area contributed by atoms with Gasteiger partial charge in [0.1, 0.15) is 15.9 Å². The van der Waals surface area contributed by atoms with Gasteiger partial charge in [-0.05, 0) is 55.6 Å². The summed E-state index contributed by atoms with van der Waals surface area (Å²) in [7, 11) is -3.64. The van der Waals surface area contributed by atoms with Crippen molar-refractivity contribution in [2.45, 2.75) is 43.6 Å². The molecule has 0 spiro atoms. The highest BCUT2D eigenvalue weighted by atomic mass is 32.2. The smallest absolute Gasteiger partial charge is 0.124 e. The second-order valence-electron chi connectivity index (χ2n) is 5.73. The largest absolute Gasteiger partial charge is 0.744 e. The van der Waals surface area contributed by atoms with Crippen LogP contribution < -0.4 is 0 Å². The van der Waals surface area contributed by atoms with Crippen LogP contribution in [0, 0.1) is 6.92 Å². The Labute approximate surface area is 137 Å². The van der Waals surface area contributed by atoms with Gasteiger partial charge in [-0.3, -0.25) is 0 Å². The SMILES string of the molecule is C[S+](C)CCCC1CCCO1.Cc1ccc(S(=O)(=O)[O-])cc1. The molecule has 6 heteroatoms. The van der Waals surface area contributed by atoms with Crippen LogP contribution in [-0.4, -0.2) is 43.9 Å². The van der Waals surface area contributed by atoms with E-state index < -0.39 is 10.1 Å². The van der Waals surface area contributed by atoms with Gasteiger partial charge in [0.15, 0.2) is 0 Å². The number of aryl methyl sites for hydroxylation is 1. The summed E-state index contributed by atoms with van der Waals surface area (Å²) < 4.78 is 36.7. The highest BCUT2D eigenvalue weighted by molar-refractivity contribution is 7.95. The Kier molecular flexibility index (Phi) is 8.46. The average molecular weight is 347 g/mol. The molecule has 1 aliphatic rings. The summed E-state index contributed by atoms with van der Waals surface area (Å²) in [4.78, 5) is -0.178. The lowest BCUT2D eigenvalue weighted by Crippen LogP contribution is -2.08. The minimum atomic E-state index is -4.27. The second kappa shape index (κ2) is 9.55. The Morgan fingerprint density at radius 1 is 1.27 bits per heavy atom. The second-order valence-corrected chi connectivity index (χ2v) is 9.49. The topological polar surface area (TPSA) is 66.4 Å². The van der Waals surface area contributed by atoms with Gasteiger partial charge in [0.25, 0.3) is 0 Å². The molecular formula is C16H26O4S2. The van der Waals surface area contributed by atoms with Crippen molar-refractivity contribution in [1.82, 2.24) is 0 Å². The zero-order chi connectivity index (χ0) is 16.6. The van der Waals surface area contributed by atoms with Gasteiger partial charge in [0.05, 0.1) is 23.5 Å². The lowest BCUT2D eigenvalue weighted by molar-refractivity contribution is 0.104. The molecule has 22 heavy (non-hydrogen) atoms. The van der Waals surface area contributed by atoms with Crippen molar-refractivity contribution < 1.29 is 17.7 Å². The molecule has 1 aliphatic heterocycles. The van der Waals surface area contributed by atoms with Crippen LogP contribution in [0.2, 0.25) is 0 Å². The van der Waals surface area contributed by atoms with Gasteiger partial charge < -0.3 is 9.29 Å². The molecule has 126 valence electrons. The summed E-state index contributed by atoms with van der Waals surface area (Å²) in [6.45, 7) is 2.83. The van der Waals surface area contributed by atoms with E-state index in [-0.39, 0.29) is 4.90 Å². The molecule has 0 saturated carbocycles. The van der Waals surface area contributed by atoms with E-state index >= 15 is 0 Å². The Morgan fingerprint density at radius 2 is 1.91 bits per heavy atom. The number of benzene rings is 1. The zero-order valence-electron chi connectivity index (χ0n) is 13.6. The summed E-state index contributed by atoms with van der Waals surface area (Å²) in [6, 6.07) is 5.78. The van der Waals surface area contributed by atoms with Crippen molar-refractivity contribution in [2.75, 3.05) is 24.9 Å². The molecule has 0 aliphatic carbocycles. The summed E-state index contributed by atoms with van der Waals surface area (Å²) in [5.41, 5.74) is 0.928. The van der Waals surface area contributed by atoms with Crippen LogP contribution >= 0.6 is 0 Å². The molecule has 0 amide bonds. The average Bonchev–Trinajstić information content (AvgIpc) is 2.91. The standard InChI is InChI=1S/C9H19OS.C7H8O3S/c1-11(2)8-4-6-9-5-3-7-10-9;1-6-2-4-7(5-3-6)11(8,9)10/h9H,3-8H2,1-2H3;2-5H,1H3,(H,8,9,10)/q+1;/p-1. The first-order chi connectivity index (χ1) is 10.3. The van der Waals surface area contributed by atoms with Gasteiger partial charge >= 0.3 is 0 Å².